The van der Waals surface area contributed by atoms with E-state index in [-0.39, 0.29) is 6.04 Å². The summed E-state index contributed by atoms with van der Waals surface area (Å²) in [4.78, 5) is 7.09. The summed E-state index contributed by atoms with van der Waals surface area (Å²) >= 11 is 1.82. The van der Waals surface area contributed by atoms with Crippen molar-refractivity contribution >= 4 is 34.1 Å². The molecule has 0 aliphatic heterocycles. The van der Waals surface area contributed by atoms with Crippen LogP contribution in [-0.4, -0.2) is 11.0 Å². The zero-order valence-electron chi connectivity index (χ0n) is 11.5. The van der Waals surface area contributed by atoms with Gasteiger partial charge < -0.3 is 15.5 Å². The fraction of sp³-hybridized carbons (Fsp3) is 0.267. The van der Waals surface area contributed by atoms with Gasteiger partial charge in [0, 0.05) is 22.2 Å². The molecule has 104 valence electrons. The number of para-hydroxylation sites is 1. The van der Waals surface area contributed by atoms with Crippen LogP contribution in [0.25, 0.3) is 11.1 Å². The van der Waals surface area contributed by atoms with E-state index in [4.69, 9.17) is 10.2 Å². The molecule has 5 heteroatoms. The van der Waals surface area contributed by atoms with Crippen molar-refractivity contribution in [1.82, 2.24) is 4.98 Å². The lowest BCUT2D eigenvalue weighted by Crippen LogP contribution is -2.17. The van der Waals surface area contributed by atoms with E-state index in [2.05, 4.69) is 36.3 Å². The van der Waals surface area contributed by atoms with E-state index in [0.29, 0.717) is 22.8 Å². The van der Waals surface area contributed by atoms with E-state index in [0.717, 1.165) is 6.42 Å². The highest BCUT2D eigenvalue weighted by Gasteiger charge is 2.11. The number of nitrogens with zero attached hydrogens (tertiary/aromatic N) is 1. The molecule has 4 nitrogen and oxygen atoms in total. The van der Waals surface area contributed by atoms with E-state index < -0.39 is 0 Å². The monoisotopic (exact) mass is 287 g/mol. The van der Waals surface area contributed by atoms with Gasteiger partial charge in [-0.05, 0) is 38.1 Å². The van der Waals surface area contributed by atoms with Gasteiger partial charge in [0.25, 0.3) is 6.01 Å². The van der Waals surface area contributed by atoms with Gasteiger partial charge in [-0.15, -0.1) is 11.3 Å². The van der Waals surface area contributed by atoms with Crippen molar-refractivity contribution in [3.63, 3.8) is 0 Å². The van der Waals surface area contributed by atoms with Crippen molar-refractivity contribution < 1.29 is 4.42 Å². The number of fused-ring (bicyclic) bond motifs is 1. The van der Waals surface area contributed by atoms with E-state index in [1.165, 1.54) is 9.75 Å². The number of nitrogens with two attached hydrogens (primary N) is 1. The molecule has 20 heavy (non-hydrogen) atoms. The maximum Gasteiger partial charge on any atom is 0.295 e. The molecule has 3 rings (SSSR count). The first-order chi connectivity index (χ1) is 9.61. The number of aromatic nitrogens is 1. The van der Waals surface area contributed by atoms with Crippen LogP contribution < -0.4 is 11.1 Å². The van der Waals surface area contributed by atoms with Crippen molar-refractivity contribution in [1.29, 1.82) is 0 Å². The molecule has 3 N–H and O–H groups in total. The summed E-state index contributed by atoms with van der Waals surface area (Å²) < 4.78 is 5.66. The molecule has 0 amide bonds. The summed E-state index contributed by atoms with van der Waals surface area (Å²) in [6, 6.07) is 10.7. The van der Waals surface area contributed by atoms with Gasteiger partial charge in [0.2, 0.25) is 0 Å². The molecule has 0 fully saturated rings. The van der Waals surface area contributed by atoms with Crippen molar-refractivity contribution in [3.8, 4) is 0 Å². The highest BCUT2D eigenvalue weighted by Crippen LogP contribution is 2.24. The lowest BCUT2D eigenvalue weighted by atomic mass is 10.2. The van der Waals surface area contributed by atoms with Crippen LogP contribution in [-0.2, 0) is 6.42 Å². The largest absolute Gasteiger partial charge is 0.423 e. The molecule has 3 aromatic rings. The maximum absolute atomic E-state index is 5.88. The Balaban J connectivity index is 1.74. The SMILES string of the molecule is Cc1ccc(CC(C)Nc2nc3c(N)cccc3o2)s1. The first-order valence-electron chi connectivity index (χ1n) is 6.58. The summed E-state index contributed by atoms with van der Waals surface area (Å²) in [7, 11) is 0. The van der Waals surface area contributed by atoms with E-state index >= 15 is 0 Å². The maximum atomic E-state index is 5.88. The number of rotatable bonds is 4. The second-order valence-electron chi connectivity index (χ2n) is 4.97. The third-order valence-electron chi connectivity index (χ3n) is 3.12. The molecular formula is C15H17N3OS. The Morgan fingerprint density at radius 2 is 2.20 bits per heavy atom. The minimum Gasteiger partial charge on any atom is -0.423 e. The van der Waals surface area contributed by atoms with Crippen LogP contribution in [0.4, 0.5) is 11.7 Å². The quantitative estimate of drug-likeness (QED) is 0.716. The molecule has 2 aromatic heterocycles. The van der Waals surface area contributed by atoms with E-state index in [1.807, 2.05) is 29.5 Å². The Kier molecular flexibility index (Phi) is 3.36. The Morgan fingerprint density at radius 3 is 2.90 bits per heavy atom. The van der Waals surface area contributed by atoms with Crippen molar-refractivity contribution in [3.05, 3.63) is 40.1 Å². The molecule has 1 atom stereocenters. The molecule has 0 saturated carbocycles. The first kappa shape index (κ1) is 13.0. The Morgan fingerprint density at radius 1 is 1.35 bits per heavy atom. The smallest absolute Gasteiger partial charge is 0.295 e. The van der Waals surface area contributed by atoms with Crippen LogP contribution in [0, 0.1) is 6.92 Å². The zero-order chi connectivity index (χ0) is 14.1. The lowest BCUT2D eigenvalue weighted by Gasteiger charge is -2.10. The van der Waals surface area contributed by atoms with E-state index in [1.54, 1.807) is 0 Å². The van der Waals surface area contributed by atoms with Gasteiger partial charge >= 0.3 is 0 Å². The van der Waals surface area contributed by atoms with Gasteiger partial charge in [-0.3, -0.25) is 0 Å². The van der Waals surface area contributed by atoms with Gasteiger partial charge in [0.1, 0.15) is 5.52 Å². The fourth-order valence-electron chi connectivity index (χ4n) is 2.19. The first-order valence-corrected chi connectivity index (χ1v) is 7.40. The molecule has 0 radical (unpaired) electrons. The minimum absolute atomic E-state index is 0.252. The summed E-state index contributed by atoms with van der Waals surface area (Å²) in [5.41, 5.74) is 7.95. The lowest BCUT2D eigenvalue weighted by molar-refractivity contribution is 0.599. The Hall–Kier alpha value is -2.01. The second kappa shape index (κ2) is 5.17. The summed E-state index contributed by atoms with van der Waals surface area (Å²) in [6.07, 6.45) is 0.951. The number of aryl methyl sites for hydroxylation is 1. The predicted molar refractivity (Wildman–Crippen MR) is 84.3 cm³/mol. The number of hydrogen-bond donors (Lipinski definition) is 2. The van der Waals surface area contributed by atoms with Gasteiger partial charge in [0.05, 0.1) is 5.69 Å². The molecular weight excluding hydrogens is 270 g/mol. The molecule has 0 saturated heterocycles. The fourth-order valence-corrected chi connectivity index (χ4v) is 3.21. The number of nitrogens with one attached hydrogen (secondary N) is 1. The molecule has 0 spiro atoms. The number of nitrogen functional groups attached to an aromatic ring is 1. The summed E-state index contributed by atoms with van der Waals surface area (Å²) in [6.45, 7) is 4.24. The molecule has 2 heterocycles. The average molecular weight is 287 g/mol. The van der Waals surface area contributed by atoms with Gasteiger partial charge in [-0.2, -0.15) is 4.98 Å². The van der Waals surface area contributed by atoms with Crippen molar-refractivity contribution in [2.24, 2.45) is 0 Å². The number of thiophene rings is 1. The average Bonchev–Trinajstić information content (AvgIpc) is 2.96. The molecule has 0 aliphatic rings. The van der Waals surface area contributed by atoms with Crippen molar-refractivity contribution in [2.75, 3.05) is 11.1 Å². The van der Waals surface area contributed by atoms with Crippen LogP contribution in [0.2, 0.25) is 0 Å². The highest BCUT2D eigenvalue weighted by molar-refractivity contribution is 7.11. The Labute approximate surface area is 121 Å². The van der Waals surface area contributed by atoms with Crippen LogP contribution in [0.1, 0.15) is 16.7 Å². The zero-order valence-corrected chi connectivity index (χ0v) is 12.3. The number of anilines is 2. The minimum atomic E-state index is 0.252. The normalized spacial score (nSPS) is 12.7. The van der Waals surface area contributed by atoms with Gasteiger partial charge in [-0.1, -0.05) is 6.07 Å². The number of benzene rings is 1. The van der Waals surface area contributed by atoms with Gasteiger partial charge in [0.15, 0.2) is 5.58 Å². The van der Waals surface area contributed by atoms with Crippen LogP contribution >= 0.6 is 11.3 Å². The van der Waals surface area contributed by atoms with Crippen LogP contribution in [0.15, 0.2) is 34.7 Å². The Bertz CT molecular complexity index is 732. The van der Waals surface area contributed by atoms with Crippen LogP contribution in [0.3, 0.4) is 0 Å². The third kappa shape index (κ3) is 2.63. The summed E-state index contributed by atoms with van der Waals surface area (Å²) in [5, 5.41) is 3.29. The van der Waals surface area contributed by atoms with E-state index in [9.17, 15) is 0 Å². The summed E-state index contributed by atoms with van der Waals surface area (Å²) in [5.74, 6) is 0. The van der Waals surface area contributed by atoms with Crippen molar-refractivity contribution in [2.45, 2.75) is 26.3 Å². The topological polar surface area (TPSA) is 64.1 Å². The molecule has 1 unspecified atom stereocenters. The standard InChI is InChI=1S/C15H17N3OS/c1-9(8-11-7-6-10(2)20-11)17-15-18-14-12(16)4-3-5-13(14)19-15/h3-7,9H,8,16H2,1-2H3,(H,17,18). The highest BCUT2D eigenvalue weighted by atomic mass is 32.1. The number of hydrogen-bond acceptors (Lipinski definition) is 5. The number of oxazole rings is 1. The molecule has 1 aromatic carbocycles. The third-order valence-corrected chi connectivity index (χ3v) is 4.15. The van der Waals surface area contributed by atoms with Crippen LogP contribution in [0.5, 0.6) is 0 Å². The predicted octanol–water partition coefficient (Wildman–Crippen LogP) is 3.82. The second-order valence-corrected chi connectivity index (χ2v) is 6.35. The molecule has 0 aliphatic carbocycles. The van der Waals surface area contributed by atoms with Gasteiger partial charge in [-0.25, -0.2) is 0 Å². The molecule has 0 bridgehead atoms.